The monoisotopic (exact) mass is 350 g/mol. The van der Waals surface area contributed by atoms with Crippen molar-refractivity contribution in [3.63, 3.8) is 0 Å². The van der Waals surface area contributed by atoms with Crippen molar-refractivity contribution in [2.45, 2.75) is 51.1 Å². The summed E-state index contributed by atoms with van der Waals surface area (Å²) in [6.07, 6.45) is 0.918. The van der Waals surface area contributed by atoms with Gasteiger partial charge in [0, 0.05) is 17.8 Å². The number of hydrogen-bond donors (Lipinski definition) is 1. The Morgan fingerprint density at radius 3 is 2.48 bits per heavy atom. The van der Waals surface area contributed by atoms with Crippen molar-refractivity contribution in [3.8, 4) is 0 Å². The van der Waals surface area contributed by atoms with Crippen LogP contribution in [0.2, 0.25) is 0 Å². The molecular weight excluding hydrogens is 329 g/mol. The molecule has 0 aliphatic carbocycles. The molecule has 130 valence electrons. The zero-order valence-corrected chi connectivity index (χ0v) is 14.3. The Hall–Kier alpha value is -1.44. The van der Waals surface area contributed by atoms with E-state index in [1.807, 2.05) is 6.92 Å². The number of hydrogen-bond acceptors (Lipinski definition) is 3. The highest BCUT2D eigenvalue weighted by molar-refractivity contribution is 7.93. The number of rotatable bonds is 3. The Morgan fingerprint density at radius 2 is 1.96 bits per heavy atom. The minimum Gasteiger partial charge on any atom is -0.366 e. The first-order valence-electron chi connectivity index (χ1n) is 7.39. The summed E-state index contributed by atoms with van der Waals surface area (Å²) in [5, 5.41) is 0. The van der Waals surface area contributed by atoms with Crippen LogP contribution >= 0.6 is 0 Å². The smallest absolute Gasteiger partial charge is 0.366 e. The Kier molecular flexibility index (Phi) is 4.34. The van der Waals surface area contributed by atoms with Crippen molar-refractivity contribution in [3.05, 3.63) is 23.8 Å². The number of nitrogens with zero attached hydrogens (tertiary/aromatic N) is 1. The summed E-state index contributed by atoms with van der Waals surface area (Å²) in [6.45, 7) is 8.86. The largest absolute Gasteiger partial charge is 0.516 e. The van der Waals surface area contributed by atoms with Crippen molar-refractivity contribution in [1.82, 2.24) is 0 Å². The maximum Gasteiger partial charge on any atom is 0.516 e. The molecule has 0 saturated carbocycles. The van der Waals surface area contributed by atoms with Gasteiger partial charge in [0.25, 0.3) is 0 Å². The molecule has 0 bridgehead atoms. The zero-order chi connectivity index (χ0) is 17.6. The summed E-state index contributed by atoms with van der Waals surface area (Å²) < 4.78 is 61.8. The predicted molar refractivity (Wildman–Crippen MR) is 85.2 cm³/mol. The van der Waals surface area contributed by atoms with Gasteiger partial charge in [-0.2, -0.15) is 21.6 Å². The van der Waals surface area contributed by atoms with Crippen molar-refractivity contribution in [1.29, 1.82) is 0 Å². The molecule has 1 aliphatic heterocycles. The molecule has 1 unspecified atom stereocenters. The molecule has 1 N–H and O–H groups in total. The van der Waals surface area contributed by atoms with E-state index in [0.717, 1.165) is 17.7 Å². The normalized spacial score (nSPS) is 21.0. The molecule has 23 heavy (non-hydrogen) atoms. The van der Waals surface area contributed by atoms with Crippen LogP contribution in [0, 0.1) is 0 Å². The topological polar surface area (TPSA) is 49.4 Å². The number of sulfonamides is 1. The first kappa shape index (κ1) is 17.9. The van der Waals surface area contributed by atoms with E-state index in [0.29, 0.717) is 6.54 Å². The van der Waals surface area contributed by atoms with Crippen LogP contribution < -0.4 is 9.62 Å². The molecule has 1 aromatic rings. The van der Waals surface area contributed by atoms with Gasteiger partial charge in [-0.15, -0.1) is 0 Å². The van der Waals surface area contributed by atoms with E-state index in [9.17, 15) is 21.6 Å². The van der Waals surface area contributed by atoms with Gasteiger partial charge in [-0.3, -0.25) is 4.72 Å². The number of fused-ring (bicyclic) bond motifs is 1. The summed E-state index contributed by atoms with van der Waals surface area (Å²) in [7, 11) is -5.41. The molecule has 4 nitrogen and oxygen atoms in total. The standard InChI is InChI=1S/C15H21F3N2O2S/c1-5-20-13-8-11(19-23(21,22)15(16,17)18)6-7-12(13)10(2)9-14(20,3)4/h6-8,10,19H,5,9H2,1-4H3. The lowest BCUT2D eigenvalue weighted by molar-refractivity contribution is -0.0429. The van der Waals surface area contributed by atoms with Crippen molar-refractivity contribution in [2.75, 3.05) is 16.2 Å². The second kappa shape index (κ2) is 5.58. The Bertz CT molecular complexity index is 699. The highest BCUT2D eigenvalue weighted by Gasteiger charge is 2.46. The lowest BCUT2D eigenvalue weighted by Crippen LogP contribution is -2.48. The van der Waals surface area contributed by atoms with Crippen LogP contribution in [0.15, 0.2) is 18.2 Å². The van der Waals surface area contributed by atoms with Gasteiger partial charge in [-0.1, -0.05) is 13.0 Å². The first-order valence-corrected chi connectivity index (χ1v) is 8.88. The molecule has 0 aromatic heterocycles. The van der Waals surface area contributed by atoms with Crippen molar-refractivity contribution >= 4 is 21.4 Å². The highest BCUT2D eigenvalue weighted by Crippen LogP contribution is 2.44. The van der Waals surface area contributed by atoms with Gasteiger partial charge >= 0.3 is 15.5 Å². The van der Waals surface area contributed by atoms with Gasteiger partial charge in [0.05, 0.1) is 5.69 Å². The third kappa shape index (κ3) is 3.27. The van der Waals surface area contributed by atoms with Crippen LogP contribution in [0.1, 0.15) is 45.6 Å². The van der Waals surface area contributed by atoms with Gasteiger partial charge in [-0.05, 0) is 50.8 Å². The summed E-state index contributed by atoms with van der Waals surface area (Å²) in [5.41, 5.74) is -3.77. The molecular formula is C15H21F3N2O2S. The van der Waals surface area contributed by atoms with E-state index in [2.05, 4.69) is 25.7 Å². The maximum absolute atomic E-state index is 12.5. The van der Waals surface area contributed by atoms with E-state index in [4.69, 9.17) is 0 Å². The fourth-order valence-corrected chi connectivity index (χ4v) is 3.92. The summed E-state index contributed by atoms with van der Waals surface area (Å²) >= 11 is 0. The average Bonchev–Trinajstić information content (AvgIpc) is 2.35. The van der Waals surface area contributed by atoms with Crippen LogP contribution in [0.3, 0.4) is 0 Å². The molecule has 1 aromatic carbocycles. The second-order valence-electron chi connectivity index (χ2n) is 6.49. The molecule has 1 atom stereocenters. The van der Waals surface area contributed by atoms with Crippen LogP contribution in [0.5, 0.6) is 0 Å². The highest BCUT2D eigenvalue weighted by atomic mass is 32.2. The van der Waals surface area contributed by atoms with E-state index < -0.39 is 15.5 Å². The van der Waals surface area contributed by atoms with E-state index in [1.54, 1.807) is 10.8 Å². The Morgan fingerprint density at radius 1 is 1.35 bits per heavy atom. The minimum atomic E-state index is -5.41. The molecule has 0 radical (unpaired) electrons. The molecule has 2 rings (SSSR count). The van der Waals surface area contributed by atoms with Crippen LogP contribution in [0.25, 0.3) is 0 Å². The Balaban J connectivity index is 2.46. The van der Waals surface area contributed by atoms with Gasteiger partial charge in [0.1, 0.15) is 0 Å². The maximum atomic E-state index is 12.5. The molecule has 0 fully saturated rings. The average molecular weight is 350 g/mol. The van der Waals surface area contributed by atoms with Gasteiger partial charge in [0.15, 0.2) is 0 Å². The van der Waals surface area contributed by atoms with Gasteiger partial charge in [-0.25, -0.2) is 0 Å². The summed E-state index contributed by atoms with van der Waals surface area (Å²) in [6, 6.07) is 4.57. The molecule has 8 heteroatoms. The molecule has 1 heterocycles. The third-order valence-electron chi connectivity index (χ3n) is 4.26. The number of benzene rings is 1. The molecule has 0 saturated heterocycles. The number of halogens is 3. The fourth-order valence-electron chi connectivity index (χ4n) is 3.36. The fraction of sp³-hybridized carbons (Fsp3) is 0.600. The Labute approximate surface area is 134 Å². The summed E-state index contributed by atoms with van der Waals surface area (Å²) in [4.78, 5) is 2.09. The number of alkyl halides is 3. The van der Waals surface area contributed by atoms with Crippen LogP contribution in [-0.2, 0) is 10.0 Å². The van der Waals surface area contributed by atoms with Gasteiger partial charge < -0.3 is 4.90 Å². The lowest BCUT2D eigenvalue weighted by Gasteiger charge is -2.47. The SMILES string of the molecule is CCN1c2cc(NS(=O)(=O)C(F)(F)F)ccc2C(C)CC1(C)C. The third-order valence-corrected chi connectivity index (χ3v) is 5.38. The predicted octanol–water partition coefficient (Wildman–Crippen LogP) is 4.06. The number of anilines is 2. The minimum absolute atomic E-state index is 0.0792. The van der Waals surface area contributed by atoms with Gasteiger partial charge in [0.2, 0.25) is 0 Å². The van der Waals surface area contributed by atoms with E-state index in [1.165, 1.54) is 12.1 Å². The van der Waals surface area contributed by atoms with Crippen LogP contribution in [0.4, 0.5) is 24.5 Å². The van der Waals surface area contributed by atoms with Crippen LogP contribution in [-0.4, -0.2) is 26.0 Å². The molecule has 0 spiro atoms. The zero-order valence-electron chi connectivity index (χ0n) is 13.5. The number of nitrogens with one attached hydrogen (secondary N) is 1. The van der Waals surface area contributed by atoms with Crippen molar-refractivity contribution < 1.29 is 21.6 Å². The van der Waals surface area contributed by atoms with E-state index in [-0.39, 0.29) is 17.1 Å². The first-order chi connectivity index (χ1) is 10.4. The molecule has 0 amide bonds. The van der Waals surface area contributed by atoms with E-state index >= 15 is 0 Å². The van der Waals surface area contributed by atoms with Crippen molar-refractivity contribution in [2.24, 2.45) is 0 Å². The molecule has 1 aliphatic rings. The lowest BCUT2D eigenvalue weighted by atomic mass is 9.80. The summed E-state index contributed by atoms with van der Waals surface area (Å²) in [5.74, 6) is 0.246. The second-order valence-corrected chi connectivity index (χ2v) is 8.16. The quantitative estimate of drug-likeness (QED) is 0.894.